The number of piperidine rings is 2. The molecule has 3 aliphatic heterocycles. The van der Waals surface area contributed by atoms with Crippen LogP contribution in [0.5, 0.6) is 0 Å². The zero-order valence-electron chi connectivity index (χ0n) is 18.3. The number of carbonyl (C=O) groups is 3. The molecule has 0 bridgehead atoms. The van der Waals surface area contributed by atoms with E-state index in [4.69, 9.17) is 4.74 Å². The molecule has 1 aromatic carbocycles. The highest BCUT2D eigenvalue weighted by atomic mass is 19.1. The first-order chi connectivity index (χ1) is 15.4. The SMILES string of the molecule is CC(=O)NC[C@H]1CN(c2ccc(N3CC4C(C3)C4C(=O)N3CCCCC3)c(F)c2)C(=O)O1. The minimum atomic E-state index is -0.547. The normalized spacial score (nSPS) is 29.1. The lowest BCUT2D eigenvalue weighted by Gasteiger charge is -2.29. The highest BCUT2D eigenvalue weighted by Crippen LogP contribution is 2.53. The number of rotatable bonds is 5. The molecule has 3 saturated heterocycles. The first-order valence-electron chi connectivity index (χ1n) is 11.5. The number of carbonyl (C=O) groups excluding carboxylic acids is 3. The van der Waals surface area contributed by atoms with E-state index >= 15 is 0 Å². The maximum absolute atomic E-state index is 15.0. The number of anilines is 2. The molecular formula is C23H29FN4O4. The number of fused-ring (bicyclic) bond motifs is 1. The van der Waals surface area contributed by atoms with Gasteiger partial charge in [-0.15, -0.1) is 0 Å². The van der Waals surface area contributed by atoms with Gasteiger partial charge in [-0.05, 0) is 49.3 Å². The summed E-state index contributed by atoms with van der Waals surface area (Å²) in [6, 6.07) is 4.78. The molecule has 3 atom stereocenters. The van der Waals surface area contributed by atoms with Crippen LogP contribution in [0.25, 0.3) is 0 Å². The average Bonchev–Trinajstić information content (AvgIpc) is 3.08. The fourth-order valence-corrected chi connectivity index (χ4v) is 5.43. The van der Waals surface area contributed by atoms with E-state index in [-0.39, 0.29) is 36.6 Å². The van der Waals surface area contributed by atoms with Gasteiger partial charge in [-0.1, -0.05) is 0 Å². The summed E-state index contributed by atoms with van der Waals surface area (Å²) in [6.45, 7) is 5.01. The van der Waals surface area contributed by atoms with Crippen LogP contribution < -0.4 is 15.1 Å². The van der Waals surface area contributed by atoms with Gasteiger partial charge in [0.1, 0.15) is 11.9 Å². The molecule has 1 N–H and O–H groups in total. The van der Waals surface area contributed by atoms with Gasteiger partial charge in [0.05, 0.1) is 24.5 Å². The highest BCUT2D eigenvalue weighted by Gasteiger charge is 2.60. The molecule has 5 rings (SSSR count). The number of nitrogens with zero attached hydrogens (tertiary/aromatic N) is 3. The Bertz CT molecular complexity index is 923. The topological polar surface area (TPSA) is 82.2 Å². The van der Waals surface area contributed by atoms with Crippen LogP contribution in [0, 0.1) is 23.6 Å². The van der Waals surface area contributed by atoms with Crippen molar-refractivity contribution in [3.63, 3.8) is 0 Å². The van der Waals surface area contributed by atoms with E-state index in [9.17, 15) is 18.8 Å². The van der Waals surface area contributed by atoms with Crippen molar-refractivity contribution in [3.05, 3.63) is 24.0 Å². The van der Waals surface area contributed by atoms with Crippen LogP contribution in [0.2, 0.25) is 0 Å². The molecule has 1 saturated carbocycles. The molecule has 172 valence electrons. The monoisotopic (exact) mass is 444 g/mol. The number of nitrogens with one attached hydrogen (secondary N) is 1. The van der Waals surface area contributed by atoms with Gasteiger partial charge in [-0.3, -0.25) is 14.5 Å². The van der Waals surface area contributed by atoms with Gasteiger partial charge in [0.25, 0.3) is 0 Å². The van der Waals surface area contributed by atoms with Crippen LogP contribution in [-0.4, -0.2) is 68.2 Å². The molecular weight excluding hydrogens is 415 g/mol. The molecule has 8 nitrogen and oxygen atoms in total. The second kappa shape index (κ2) is 8.26. The van der Waals surface area contributed by atoms with E-state index < -0.39 is 12.2 Å². The Kier molecular flexibility index (Phi) is 5.43. The quantitative estimate of drug-likeness (QED) is 0.751. The van der Waals surface area contributed by atoms with Crippen molar-refractivity contribution in [2.45, 2.75) is 32.3 Å². The second-order valence-electron chi connectivity index (χ2n) is 9.33. The maximum atomic E-state index is 15.0. The number of benzene rings is 1. The third-order valence-corrected chi connectivity index (χ3v) is 7.18. The third-order valence-electron chi connectivity index (χ3n) is 7.18. The molecule has 0 radical (unpaired) electrons. The molecule has 3 amide bonds. The number of likely N-dealkylation sites (tertiary alicyclic amines) is 1. The lowest BCUT2D eigenvalue weighted by molar-refractivity contribution is -0.134. The van der Waals surface area contributed by atoms with Gasteiger partial charge in [0.15, 0.2) is 0 Å². The van der Waals surface area contributed by atoms with Crippen molar-refractivity contribution in [3.8, 4) is 0 Å². The molecule has 1 aromatic rings. The molecule has 9 heteroatoms. The number of hydrogen-bond donors (Lipinski definition) is 1. The zero-order chi connectivity index (χ0) is 22.4. The standard InChI is InChI=1S/C23H29FN4O4/c1-14(29)25-10-16-11-28(23(31)32-16)15-5-6-20(19(24)9-15)27-12-17-18(13-27)21(17)22(30)26-7-3-2-4-8-26/h5-6,9,16-18,21H,2-4,7-8,10-13H2,1H3,(H,25,29)/t16-,17?,18?,21?/m0/s1. The molecule has 4 aliphatic rings. The fourth-order valence-electron chi connectivity index (χ4n) is 5.43. The Morgan fingerprint density at radius 1 is 1.12 bits per heavy atom. The van der Waals surface area contributed by atoms with E-state index in [1.807, 2.05) is 9.80 Å². The fraction of sp³-hybridized carbons (Fsp3) is 0.609. The summed E-state index contributed by atoms with van der Waals surface area (Å²) in [5.74, 6) is 0.431. The number of hydrogen-bond acceptors (Lipinski definition) is 5. The molecule has 1 aliphatic carbocycles. The van der Waals surface area contributed by atoms with Gasteiger partial charge >= 0.3 is 6.09 Å². The Labute approximate surface area is 186 Å². The number of cyclic esters (lactones) is 1. The van der Waals surface area contributed by atoms with Gasteiger partial charge in [0.2, 0.25) is 11.8 Å². The molecule has 4 fully saturated rings. The Morgan fingerprint density at radius 2 is 1.84 bits per heavy atom. The lowest BCUT2D eigenvalue weighted by Crippen LogP contribution is -2.39. The molecule has 0 spiro atoms. The Morgan fingerprint density at radius 3 is 2.50 bits per heavy atom. The van der Waals surface area contributed by atoms with Crippen molar-refractivity contribution in [2.75, 3.05) is 49.1 Å². The van der Waals surface area contributed by atoms with Gasteiger partial charge < -0.3 is 19.9 Å². The van der Waals surface area contributed by atoms with E-state index in [0.717, 1.165) is 25.9 Å². The van der Waals surface area contributed by atoms with Crippen molar-refractivity contribution in [2.24, 2.45) is 17.8 Å². The smallest absolute Gasteiger partial charge is 0.414 e. The van der Waals surface area contributed by atoms with Crippen molar-refractivity contribution >= 4 is 29.3 Å². The first-order valence-corrected chi connectivity index (χ1v) is 11.5. The summed E-state index contributed by atoms with van der Waals surface area (Å²) in [4.78, 5) is 41.4. The van der Waals surface area contributed by atoms with Gasteiger partial charge in [-0.2, -0.15) is 0 Å². The van der Waals surface area contributed by atoms with Crippen LogP contribution in [-0.2, 0) is 14.3 Å². The average molecular weight is 445 g/mol. The van der Waals surface area contributed by atoms with Crippen molar-refractivity contribution in [1.29, 1.82) is 0 Å². The molecule has 0 aromatic heterocycles. The van der Waals surface area contributed by atoms with Crippen molar-refractivity contribution in [1.82, 2.24) is 10.2 Å². The van der Waals surface area contributed by atoms with Crippen LogP contribution in [0.15, 0.2) is 18.2 Å². The summed E-state index contributed by atoms with van der Waals surface area (Å²) in [5.41, 5.74) is 0.941. The molecule has 32 heavy (non-hydrogen) atoms. The Hall–Kier alpha value is -2.84. The van der Waals surface area contributed by atoms with Crippen LogP contribution in [0.1, 0.15) is 26.2 Å². The minimum Gasteiger partial charge on any atom is -0.442 e. The number of ether oxygens (including phenoxy) is 1. The summed E-state index contributed by atoms with van der Waals surface area (Å²) < 4.78 is 20.2. The predicted octanol–water partition coefficient (Wildman–Crippen LogP) is 1.98. The predicted molar refractivity (Wildman–Crippen MR) is 116 cm³/mol. The zero-order valence-corrected chi connectivity index (χ0v) is 18.3. The highest BCUT2D eigenvalue weighted by molar-refractivity contribution is 5.90. The van der Waals surface area contributed by atoms with E-state index in [1.54, 1.807) is 12.1 Å². The summed E-state index contributed by atoms with van der Waals surface area (Å²) in [5, 5.41) is 2.63. The lowest BCUT2D eigenvalue weighted by atomic mass is 10.1. The summed E-state index contributed by atoms with van der Waals surface area (Å²) >= 11 is 0. The number of halogens is 1. The maximum Gasteiger partial charge on any atom is 0.414 e. The van der Waals surface area contributed by atoms with Gasteiger partial charge in [-0.25, -0.2) is 9.18 Å². The second-order valence-corrected chi connectivity index (χ2v) is 9.33. The van der Waals surface area contributed by atoms with Crippen LogP contribution in [0.4, 0.5) is 20.6 Å². The van der Waals surface area contributed by atoms with Gasteiger partial charge in [0, 0.05) is 39.0 Å². The van der Waals surface area contributed by atoms with Crippen LogP contribution in [0.3, 0.4) is 0 Å². The third kappa shape index (κ3) is 3.89. The van der Waals surface area contributed by atoms with E-state index in [1.165, 1.54) is 24.3 Å². The first kappa shape index (κ1) is 21.0. The largest absolute Gasteiger partial charge is 0.442 e. The summed E-state index contributed by atoms with van der Waals surface area (Å²) in [6.07, 6.45) is 2.38. The molecule has 2 unspecified atom stereocenters. The van der Waals surface area contributed by atoms with Crippen LogP contribution >= 0.6 is 0 Å². The molecule has 3 heterocycles. The number of amides is 3. The Balaban J connectivity index is 1.19. The van der Waals surface area contributed by atoms with E-state index in [2.05, 4.69) is 5.32 Å². The minimum absolute atomic E-state index is 0.103. The van der Waals surface area contributed by atoms with Crippen molar-refractivity contribution < 1.29 is 23.5 Å². The summed E-state index contributed by atoms with van der Waals surface area (Å²) in [7, 11) is 0. The van der Waals surface area contributed by atoms with E-state index in [0.29, 0.717) is 36.3 Å².